The van der Waals surface area contributed by atoms with Crippen LogP contribution < -0.4 is 0 Å². The lowest BCUT2D eigenvalue weighted by atomic mass is 10.1. The Balaban J connectivity index is 2.52. The van der Waals surface area contributed by atoms with E-state index < -0.39 is 4.84 Å². The first-order valence-electron chi connectivity index (χ1n) is 4.33. The second kappa shape index (κ2) is 3.83. The third kappa shape index (κ3) is 1.85. The van der Waals surface area contributed by atoms with Crippen molar-refractivity contribution < 1.29 is 4.79 Å². The van der Waals surface area contributed by atoms with Gasteiger partial charge in [0.1, 0.15) is 0 Å². The monoisotopic (exact) mass is 242 g/mol. The topological polar surface area (TPSA) is 34.9 Å². The Morgan fingerprint density at radius 1 is 1.47 bits per heavy atom. The highest BCUT2D eigenvalue weighted by molar-refractivity contribution is 6.55. The molecule has 5 heteroatoms. The molecule has 1 heterocycles. The number of fused-ring (bicyclic) bond motifs is 1. The summed E-state index contributed by atoms with van der Waals surface area (Å²) in [7, 11) is 1.89. The molecule has 0 radical (unpaired) electrons. The molecule has 0 atom stereocenters. The summed E-state index contributed by atoms with van der Waals surface area (Å²) in [6.45, 7) is 0. The molecule has 0 amide bonds. The number of aryl methyl sites for hydroxylation is 1. The van der Waals surface area contributed by atoms with Gasteiger partial charge < -0.3 is 4.57 Å². The summed E-state index contributed by atoms with van der Waals surface area (Å²) in [4.78, 5) is 14.6. The molecule has 0 fully saturated rings. The van der Waals surface area contributed by atoms with E-state index in [9.17, 15) is 4.79 Å². The standard InChI is InChI=1S/C10H8Cl2N2O/c1-14-5-13-7-4-6(2-3-8(7)14)9(15)10(11)12/h2-5,10H,1H3. The van der Waals surface area contributed by atoms with Gasteiger partial charge in [0.2, 0.25) is 0 Å². The number of carbonyl (C=O) groups excluding carboxylic acids is 1. The van der Waals surface area contributed by atoms with Gasteiger partial charge in [-0.15, -0.1) is 0 Å². The molecule has 15 heavy (non-hydrogen) atoms. The van der Waals surface area contributed by atoms with E-state index in [0.717, 1.165) is 11.0 Å². The Hall–Kier alpha value is -1.06. The maximum absolute atomic E-state index is 11.5. The zero-order chi connectivity index (χ0) is 11.0. The van der Waals surface area contributed by atoms with E-state index >= 15 is 0 Å². The largest absolute Gasteiger partial charge is 0.334 e. The maximum atomic E-state index is 11.5. The third-order valence-corrected chi connectivity index (χ3v) is 2.60. The van der Waals surface area contributed by atoms with Gasteiger partial charge in [-0.3, -0.25) is 4.79 Å². The molecule has 0 aliphatic heterocycles. The first-order chi connectivity index (χ1) is 7.09. The van der Waals surface area contributed by atoms with Crippen LogP contribution in [0, 0.1) is 0 Å². The molecule has 2 rings (SSSR count). The van der Waals surface area contributed by atoms with Crippen molar-refractivity contribution in [2.45, 2.75) is 4.84 Å². The fourth-order valence-corrected chi connectivity index (χ4v) is 1.67. The molecule has 2 aromatic rings. The SMILES string of the molecule is Cn1cnc2cc(C(=O)C(Cl)Cl)ccc21. The van der Waals surface area contributed by atoms with Crippen molar-refractivity contribution in [1.82, 2.24) is 9.55 Å². The fourth-order valence-electron chi connectivity index (χ4n) is 1.42. The van der Waals surface area contributed by atoms with Crippen LogP contribution in [0.25, 0.3) is 11.0 Å². The summed E-state index contributed by atoms with van der Waals surface area (Å²) < 4.78 is 1.88. The van der Waals surface area contributed by atoms with Gasteiger partial charge >= 0.3 is 0 Å². The van der Waals surface area contributed by atoms with Gasteiger partial charge in [0, 0.05) is 12.6 Å². The van der Waals surface area contributed by atoms with E-state index in [1.807, 2.05) is 17.7 Å². The van der Waals surface area contributed by atoms with Gasteiger partial charge in [0.05, 0.1) is 17.4 Å². The average Bonchev–Trinajstić information content (AvgIpc) is 2.59. The van der Waals surface area contributed by atoms with Crippen LogP contribution in [0.5, 0.6) is 0 Å². The molecule has 1 aromatic heterocycles. The number of ketones is 1. The number of hydrogen-bond donors (Lipinski definition) is 0. The van der Waals surface area contributed by atoms with Gasteiger partial charge in [-0.25, -0.2) is 4.98 Å². The summed E-state index contributed by atoms with van der Waals surface area (Å²) in [5, 5.41) is 0. The van der Waals surface area contributed by atoms with E-state index in [4.69, 9.17) is 23.2 Å². The number of aromatic nitrogens is 2. The first-order valence-corrected chi connectivity index (χ1v) is 5.20. The number of imidazole rings is 1. The molecule has 3 nitrogen and oxygen atoms in total. The first kappa shape index (κ1) is 10.5. The van der Waals surface area contributed by atoms with Crippen molar-refractivity contribution in [3.63, 3.8) is 0 Å². The third-order valence-electron chi connectivity index (χ3n) is 2.21. The number of halogens is 2. The van der Waals surface area contributed by atoms with Crippen molar-refractivity contribution >= 4 is 40.0 Å². The number of hydrogen-bond acceptors (Lipinski definition) is 2. The number of benzene rings is 1. The van der Waals surface area contributed by atoms with Crippen LogP contribution in [-0.2, 0) is 7.05 Å². The Labute approximate surface area is 96.6 Å². The van der Waals surface area contributed by atoms with Gasteiger partial charge in [0.15, 0.2) is 10.6 Å². The molecule has 78 valence electrons. The van der Waals surface area contributed by atoms with Crippen LogP contribution in [0.15, 0.2) is 24.5 Å². The minimum absolute atomic E-state index is 0.300. The number of carbonyl (C=O) groups is 1. The summed E-state index contributed by atoms with van der Waals surface area (Å²) in [6, 6.07) is 5.21. The predicted molar refractivity (Wildman–Crippen MR) is 60.5 cm³/mol. The smallest absolute Gasteiger partial charge is 0.195 e. The van der Waals surface area contributed by atoms with Crippen molar-refractivity contribution in [3.05, 3.63) is 30.1 Å². The van der Waals surface area contributed by atoms with Crippen LogP contribution in [0.1, 0.15) is 10.4 Å². The van der Waals surface area contributed by atoms with E-state index in [1.165, 1.54) is 0 Å². The van der Waals surface area contributed by atoms with Crippen LogP contribution in [-0.4, -0.2) is 20.2 Å². The Kier molecular flexibility index (Phi) is 2.67. The van der Waals surface area contributed by atoms with E-state index in [1.54, 1.807) is 18.5 Å². The average molecular weight is 243 g/mol. The van der Waals surface area contributed by atoms with E-state index in [2.05, 4.69) is 4.98 Å². The quantitative estimate of drug-likeness (QED) is 0.600. The van der Waals surface area contributed by atoms with Crippen LogP contribution in [0.4, 0.5) is 0 Å². The van der Waals surface area contributed by atoms with Crippen molar-refractivity contribution in [2.75, 3.05) is 0 Å². The van der Waals surface area contributed by atoms with Gasteiger partial charge in [-0.1, -0.05) is 23.2 Å². The van der Waals surface area contributed by atoms with E-state index in [0.29, 0.717) is 5.56 Å². The highest BCUT2D eigenvalue weighted by atomic mass is 35.5. The maximum Gasteiger partial charge on any atom is 0.195 e. The van der Waals surface area contributed by atoms with Gasteiger partial charge in [0.25, 0.3) is 0 Å². The van der Waals surface area contributed by atoms with Crippen LogP contribution >= 0.6 is 23.2 Å². The fraction of sp³-hybridized carbons (Fsp3) is 0.200. The van der Waals surface area contributed by atoms with Crippen molar-refractivity contribution in [1.29, 1.82) is 0 Å². The van der Waals surface area contributed by atoms with E-state index in [-0.39, 0.29) is 5.78 Å². The summed E-state index contributed by atoms with van der Waals surface area (Å²) in [5.41, 5.74) is 2.21. The van der Waals surface area contributed by atoms with Crippen LogP contribution in [0.2, 0.25) is 0 Å². The molecule has 0 aliphatic carbocycles. The summed E-state index contributed by atoms with van der Waals surface area (Å²) in [5.74, 6) is -0.300. The zero-order valence-electron chi connectivity index (χ0n) is 7.95. The molecule has 0 bridgehead atoms. The molecular weight excluding hydrogens is 235 g/mol. The number of nitrogens with zero attached hydrogens (tertiary/aromatic N) is 2. The van der Waals surface area contributed by atoms with Gasteiger partial charge in [-0.05, 0) is 18.2 Å². The van der Waals surface area contributed by atoms with Crippen LogP contribution in [0.3, 0.4) is 0 Å². The highest BCUT2D eigenvalue weighted by Gasteiger charge is 2.15. The lowest BCUT2D eigenvalue weighted by molar-refractivity contribution is 0.101. The molecule has 0 aliphatic rings. The number of alkyl halides is 2. The Morgan fingerprint density at radius 2 is 2.20 bits per heavy atom. The second-order valence-electron chi connectivity index (χ2n) is 3.22. The molecule has 0 saturated carbocycles. The molecule has 0 N–H and O–H groups in total. The highest BCUT2D eigenvalue weighted by Crippen LogP contribution is 2.17. The minimum Gasteiger partial charge on any atom is -0.334 e. The van der Waals surface area contributed by atoms with Crippen molar-refractivity contribution in [3.8, 4) is 0 Å². The number of Topliss-reactive ketones (excluding diaryl/α,β-unsaturated/α-hetero) is 1. The summed E-state index contributed by atoms with van der Waals surface area (Å²) >= 11 is 11.0. The molecule has 1 aromatic carbocycles. The normalized spacial score (nSPS) is 11.2. The molecule has 0 spiro atoms. The molecule has 0 unspecified atom stereocenters. The lowest BCUT2D eigenvalue weighted by Gasteiger charge is -2.01. The minimum atomic E-state index is -1.02. The van der Waals surface area contributed by atoms with Gasteiger partial charge in [-0.2, -0.15) is 0 Å². The summed E-state index contributed by atoms with van der Waals surface area (Å²) in [6.07, 6.45) is 1.69. The molecular formula is C10H8Cl2N2O. The van der Waals surface area contributed by atoms with Crippen molar-refractivity contribution in [2.24, 2.45) is 7.05 Å². The molecule has 0 saturated heterocycles. The Bertz CT molecular complexity index is 519. The lowest BCUT2D eigenvalue weighted by Crippen LogP contribution is -2.07. The predicted octanol–water partition coefficient (Wildman–Crippen LogP) is 2.56. The second-order valence-corrected chi connectivity index (χ2v) is 4.32. The number of rotatable bonds is 2. The Morgan fingerprint density at radius 3 is 2.87 bits per heavy atom. The zero-order valence-corrected chi connectivity index (χ0v) is 9.46.